The summed E-state index contributed by atoms with van der Waals surface area (Å²) in [6.07, 6.45) is 2.47. The molecular formula is C12H21N3O2. The molecule has 1 atom stereocenters. The van der Waals surface area contributed by atoms with Gasteiger partial charge in [-0.15, -0.1) is 0 Å². The Morgan fingerprint density at radius 1 is 1.59 bits per heavy atom. The molecule has 1 unspecified atom stereocenters. The van der Waals surface area contributed by atoms with Gasteiger partial charge in [-0.05, 0) is 19.9 Å². The fourth-order valence-corrected chi connectivity index (χ4v) is 1.86. The van der Waals surface area contributed by atoms with Gasteiger partial charge in [0.15, 0.2) is 0 Å². The van der Waals surface area contributed by atoms with E-state index in [4.69, 9.17) is 5.11 Å². The molecule has 0 saturated heterocycles. The summed E-state index contributed by atoms with van der Waals surface area (Å²) in [4.78, 5) is 13.3. The molecule has 1 heterocycles. The normalized spacial score (nSPS) is 13.0. The van der Waals surface area contributed by atoms with Gasteiger partial charge in [0.05, 0.1) is 11.9 Å². The lowest BCUT2D eigenvalue weighted by atomic mass is 10.2. The highest BCUT2D eigenvalue weighted by molar-refractivity contribution is 5.88. The molecule has 1 aromatic heterocycles. The Bertz CT molecular complexity index is 387. The van der Waals surface area contributed by atoms with Crippen LogP contribution in [0.4, 0.5) is 0 Å². The third-order valence-electron chi connectivity index (χ3n) is 3.27. The highest BCUT2D eigenvalue weighted by Crippen LogP contribution is 2.14. The Morgan fingerprint density at radius 3 is 2.71 bits per heavy atom. The van der Waals surface area contributed by atoms with Crippen LogP contribution in [0.15, 0.2) is 6.20 Å². The van der Waals surface area contributed by atoms with Crippen molar-refractivity contribution >= 4 is 5.97 Å². The van der Waals surface area contributed by atoms with Crippen LogP contribution in [-0.2, 0) is 13.6 Å². The predicted octanol–water partition coefficient (Wildman–Crippen LogP) is 1.74. The third kappa shape index (κ3) is 3.06. The van der Waals surface area contributed by atoms with E-state index in [1.54, 1.807) is 11.7 Å². The zero-order chi connectivity index (χ0) is 13.0. The molecule has 0 saturated carbocycles. The molecule has 17 heavy (non-hydrogen) atoms. The molecule has 0 bridgehead atoms. The minimum absolute atomic E-state index is 0.300. The van der Waals surface area contributed by atoms with Crippen LogP contribution in [-0.4, -0.2) is 38.3 Å². The van der Waals surface area contributed by atoms with Crippen LogP contribution < -0.4 is 0 Å². The lowest BCUT2D eigenvalue weighted by molar-refractivity contribution is 0.0693. The first kappa shape index (κ1) is 13.7. The summed E-state index contributed by atoms with van der Waals surface area (Å²) in [6.45, 7) is 7.90. The first-order valence-electron chi connectivity index (χ1n) is 5.99. The van der Waals surface area contributed by atoms with E-state index >= 15 is 0 Å². The molecule has 1 aromatic rings. The fourth-order valence-electron chi connectivity index (χ4n) is 1.86. The van der Waals surface area contributed by atoms with Crippen molar-refractivity contribution in [2.75, 3.05) is 6.54 Å². The minimum Gasteiger partial charge on any atom is -0.478 e. The number of carbonyl (C=O) groups is 1. The van der Waals surface area contributed by atoms with E-state index in [1.807, 2.05) is 0 Å². The average Bonchev–Trinajstić information content (AvgIpc) is 2.66. The SMILES string of the molecule is CCC(C)N(CC)Cc1c(C(=O)O)cnn1C. The van der Waals surface area contributed by atoms with Crippen molar-refractivity contribution in [3.63, 3.8) is 0 Å². The van der Waals surface area contributed by atoms with Crippen LogP contribution in [0.3, 0.4) is 0 Å². The van der Waals surface area contributed by atoms with Gasteiger partial charge in [0.1, 0.15) is 5.56 Å². The van der Waals surface area contributed by atoms with Crippen molar-refractivity contribution in [3.05, 3.63) is 17.5 Å². The number of nitrogens with zero attached hydrogens (tertiary/aromatic N) is 3. The molecule has 5 heteroatoms. The summed E-state index contributed by atoms with van der Waals surface area (Å²) >= 11 is 0. The zero-order valence-electron chi connectivity index (χ0n) is 11.0. The first-order valence-corrected chi connectivity index (χ1v) is 5.99. The summed E-state index contributed by atoms with van der Waals surface area (Å²) in [6, 6.07) is 0.441. The average molecular weight is 239 g/mol. The predicted molar refractivity (Wildman–Crippen MR) is 66.0 cm³/mol. The van der Waals surface area contributed by atoms with Crippen LogP contribution in [0.2, 0.25) is 0 Å². The van der Waals surface area contributed by atoms with Crippen molar-refractivity contribution in [2.24, 2.45) is 7.05 Å². The molecule has 0 amide bonds. The Kier molecular flexibility index (Phi) is 4.69. The van der Waals surface area contributed by atoms with E-state index in [9.17, 15) is 4.79 Å². The van der Waals surface area contributed by atoms with Crippen molar-refractivity contribution in [3.8, 4) is 0 Å². The molecule has 0 spiro atoms. The second-order valence-electron chi connectivity index (χ2n) is 4.25. The van der Waals surface area contributed by atoms with Gasteiger partial charge in [-0.1, -0.05) is 13.8 Å². The quantitative estimate of drug-likeness (QED) is 0.821. The monoisotopic (exact) mass is 239 g/mol. The summed E-state index contributed by atoms with van der Waals surface area (Å²) in [5.41, 5.74) is 1.06. The standard InChI is InChI=1S/C12H21N3O2/c1-5-9(3)15(6-2)8-11-10(12(16)17)7-13-14(11)4/h7,9H,5-6,8H2,1-4H3,(H,16,17). The van der Waals surface area contributed by atoms with Crippen molar-refractivity contribution in [2.45, 2.75) is 39.8 Å². The number of aryl methyl sites for hydroxylation is 1. The highest BCUT2D eigenvalue weighted by atomic mass is 16.4. The van der Waals surface area contributed by atoms with Gasteiger partial charge in [-0.25, -0.2) is 4.79 Å². The highest BCUT2D eigenvalue weighted by Gasteiger charge is 2.19. The number of rotatable bonds is 6. The molecule has 0 aromatic carbocycles. The van der Waals surface area contributed by atoms with Gasteiger partial charge in [0, 0.05) is 19.6 Å². The molecule has 0 aliphatic heterocycles. The van der Waals surface area contributed by atoms with Crippen molar-refractivity contribution in [1.82, 2.24) is 14.7 Å². The minimum atomic E-state index is -0.909. The van der Waals surface area contributed by atoms with Crippen LogP contribution in [0, 0.1) is 0 Å². The molecule has 0 fully saturated rings. The summed E-state index contributed by atoms with van der Waals surface area (Å²) in [5.74, 6) is -0.909. The van der Waals surface area contributed by atoms with Crippen LogP contribution in [0.1, 0.15) is 43.2 Å². The molecule has 96 valence electrons. The number of aromatic carboxylic acids is 1. The van der Waals surface area contributed by atoms with E-state index in [0.29, 0.717) is 18.2 Å². The van der Waals surface area contributed by atoms with E-state index in [0.717, 1.165) is 18.7 Å². The van der Waals surface area contributed by atoms with Gasteiger partial charge in [0.2, 0.25) is 0 Å². The number of hydrogen-bond donors (Lipinski definition) is 1. The summed E-state index contributed by atoms with van der Waals surface area (Å²) in [5, 5.41) is 13.1. The molecule has 0 aliphatic carbocycles. The molecular weight excluding hydrogens is 218 g/mol. The number of aromatic nitrogens is 2. The maximum atomic E-state index is 11.1. The Morgan fingerprint density at radius 2 is 2.24 bits per heavy atom. The van der Waals surface area contributed by atoms with E-state index < -0.39 is 5.97 Å². The van der Waals surface area contributed by atoms with Gasteiger partial charge >= 0.3 is 5.97 Å². The fraction of sp³-hybridized carbons (Fsp3) is 0.667. The largest absolute Gasteiger partial charge is 0.478 e. The Hall–Kier alpha value is -1.36. The maximum absolute atomic E-state index is 11.1. The third-order valence-corrected chi connectivity index (χ3v) is 3.27. The molecule has 1 rings (SSSR count). The van der Waals surface area contributed by atoms with Gasteiger partial charge in [0.25, 0.3) is 0 Å². The zero-order valence-corrected chi connectivity index (χ0v) is 11.0. The number of carboxylic acid groups (broad SMARTS) is 1. The lowest BCUT2D eigenvalue weighted by Gasteiger charge is -2.27. The molecule has 1 N–H and O–H groups in total. The summed E-state index contributed by atoms with van der Waals surface area (Å²) in [7, 11) is 1.78. The Balaban J connectivity index is 2.92. The van der Waals surface area contributed by atoms with Gasteiger partial charge < -0.3 is 5.11 Å². The molecule has 0 radical (unpaired) electrons. The number of carboxylic acids is 1. The topological polar surface area (TPSA) is 58.4 Å². The number of hydrogen-bond acceptors (Lipinski definition) is 3. The molecule has 0 aliphatic rings. The van der Waals surface area contributed by atoms with Gasteiger partial charge in [-0.3, -0.25) is 9.58 Å². The summed E-state index contributed by atoms with van der Waals surface area (Å²) < 4.78 is 1.65. The van der Waals surface area contributed by atoms with E-state index in [1.165, 1.54) is 6.20 Å². The maximum Gasteiger partial charge on any atom is 0.339 e. The Labute approximate surface area is 102 Å². The molecule has 5 nitrogen and oxygen atoms in total. The van der Waals surface area contributed by atoms with Crippen molar-refractivity contribution in [1.29, 1.82) is 0 Å². The van der Waals surface area contributed by atoms with Crippen molar-refractivity contribution < 1.29 is 9.90 Å². The second-order valence-corrected chi connectivity index (χ2v) is 4.25. The first-order chi connectivity index (χ1) is 8.01. The van der Waals surface area contributed by atoms with Crippen LogP contribution >= 0.6 is 0 Å². The van der Waals surface area contributed by atoms with Crippen LogP contribution in [0.5, 0.6) is 0 Å². The van der Waals surface area contributed by atoms with Crippen LogP contribution in [0.25, 0.3) is 0 Å². The smallest absolute Gasteiger partial charge is 0.339 e. The van der Waals surface area contributed by atoms with E-state index in [2.05, 4.69) is 30.8 Å². The van der Waals surface area contributed by atoms with E-state index in [-0.39, 0.29) is 0 Å². The van der Waals surface area contributed by atoms with Gasteiger partial charge in [-0.2, -0.15) is 5.10 Å². The second kappa shape index (κ2) is 5.82. The lowest BCUT2D eigenvalue weighted by Crippen LogP contribution is -2.33.